The first-order valence-corrected chi connectivity index (χ1v) is 9.72. The second-order valence-corrected chi connectivity index (χ2v) is 7.75. The van der Waals surface area contributed by atoms with E-state index in [0.29, 0.717) is 17.4 Å². The molecule has 0 saturated heterocycles. The van der Waals surface area contributed by atoms with Crippen molar-refractivity contribution in [2.75, 3.05) is 26.5 Å². The number of thiophene rings is 1. The summed E-state index contributed by atoms with van der Waals surface area (Å²) in [7, 11) is 5.87. The molecule has 3 aromatic rings. The van der Waals surface area contributed by atoms with E-state index in [-0.39, 0.29) is 5.91 Å². The van der Waals surface area contributed by atoms with Crippen LogP contribution >= 0.6 is 11.3 Å². The van der Waals surface area contributed by atoms with Crippen LogP contribution in [0.1, 0.15) is 28.0 Å². The van der Waals surface area contributed by atoms with Crippen LogP contribution in [0.3, 0.4) is 0 Å². The predicted molar refractivity (Wildman–Crippen MR) is 107 cm³/mol. The van der Waals surface area contributed by atoms with Crippen LogP contribution < -0.4 is 10.1 Å². The smallest absolute Gasteiger partial charge is 0.260 e. The van der Waals surface area contributed by atoms with Gasteiger partial charge < -0.3 is 19.9 Å². The van der Waals surface area contributed by atoms with Crippen molar-refractivity contribution in [2.45, 2.75) is 25.3 Å². The van der Waals surface area contributed by atoms with Gasteiger partial charge in [0.2, 0.25) is 0 Å². The Morgan fingerprint density at radius 3 is 2.96 bits per heavy atom. The van der Waals surface area contributed by atoms with Gasteiger partial charge in [0, 0.05) is 39.1 Å². The van der Waals surface area contributed by atoms with Gasteiger partial charge in [-0.15, -0.1) is 11.3 Å². The van der Waals surface area contributed by atoms with Gasteiger partial charge in [0.25, 0.3) is 5.91 Å². The molecule has 4 rings (SSSR count). The van der Waals surface area contributed by atoms with Crippen LogP contribution in [-0.4, -0.2) is 43.0 Å². The number of carbonyl (C=O) groups is 1. The molecule has 0 fully saturated rings. The fourth-order valence-electron chi connectivity index (χ4n) is 3.72. The van der Waals surface area contributed by atoms with E-state index in [1.165, 1.54) is 34.4 Å². The van der Waals surface area contributed by atoms with Crippen LogP contribution in [-0.2, 0) is 12.8 Å². The van der Waals surface area contributed by atoms with Gasteiger partial charge in [0.1, 0.15) is 5.75 Å². The van der Waals surface area contributed by atoms with Crippen molar-refractivity contribution in [3.8, 4) is 5.75 Å². The quantitative estimate of drug-likeness (QED) is 0.733. The summed E-state index contributed by atoms with van der Waals surface area (Å²) < 4.78 is 5.25. The average Bonchev–Trinajstić information content (AvgIpc) is 3.25. The topological polar surface area (TPSA) is 57.4 Å². The van der Waals surface area contributed by atoms with Gasteiger partial charge in [-0.25, -0.2) is 0 Å². The first-order chi connectivity index (χ1) is 12.6. The minimum absolute atomic E-state index is 0.141. The molecule has 0 bridgehead atoms. The summed E-state index contributed by atoms with van der Waals surface area (Å²) in [4.78, 5) is 18.4. The van der Waals surface area contributed by atoms with Crippen molar-refractivity contribution in [2.24, 2.45) is 0 Å². The molecule has 0 spiro atoms. The molecule has 1 amide bonds. The highest BCUT2D eigenvalue weighted by atomic mass is 32.1. The second kappa shape index (κ2) is 6.78. The Morgan fingerprint density at radius 1 is 1.35 bits per heavy atom. The number of fused-ring (bicyclic) bond motifs is 3. The van der Waals surface area contributed by atoms with Gasteiger partial charge in [0.15, 0.2) is 0 Å². The summed E-state index contributed by atoms with van der Waals surface area (Å²) in [5, 5.41) is 7.86. The van der Waals surface area contributed by atoms with Crippen LogP contribution in [0.15, 0.2) is 29.0 Å². The Kier molecular flexibility index (Phi) is 4.46. The Bertz CT molecular complexity index is 957. The third-order valence-electron chi connectivity index (χ3n) is 5.24. The number of nitrogens with zero attached hydrogens (tertiary/aromatic N) is 1. The number of benzene rings is 1. The van der Waals surface area contributed by atoms with Crippen molar-refractivity contribution in [3.05, 3.63) is 45.8 Å². The number of aromatic nitrogens is 1. The maximum atomic E-state index is 12.6. The molecule has 1 aliphatic rings. The van der Waals surface area contributed by atoms with Gasteiger partial charge in [-0.2, -0.15) is 0 Å². The molecule has 136 valence electrons. The molecule has 1 aromatic carbocycles. The summed E-state index contributed by atoms with van der Waals surface area (Å²) in [6.45, 7) is 0. The standard InChI is InChI=1S/C20H23N3O2S/c1-23(2)13-5-7-18-15(9-13)14-8-12(4-6-17(14)22-18)21-20(24)16-10-26-11-19(16)25-3/h4,6,8,10-11,13,22H,5,7,9H2,1-3H3,(H,21,24). The fraction of sp³-hybridized carbons (Fsp3) is 0.350. The maximum absolute atomic E-state index is 12.6. The van der Waals surface area contributed by atoms with E-state index in [4.69, 9.17) is 4.74 Å². The minimum Gasteiger partial charge on any atom is -0.495 e. The lowest BCUT2D eigenvalue weighted by atomic mass is 9.91. The minimum atomic E-state index is -0.141. The Labute approximate surface area is 157 Å². The molecule has 1 aliphatic carbocycles. The molecule has 26 heavy (non-hydrogen) atoms. The van der Waals surface area contributed by atoms with E-state index < -0.39 is 0 Å². The lowest BCUT2D eigenvalue weighted by Crippen LogP contribution is -2.33. The van der Waals surface area contributed by atoms with Crippen LogP contribution in [0.5, 0.6) is 5.75 Å². The summed E-state index contributed by atoms with van der Waals surface area (Å²) in [5.74, 6) is 0.472. The van der Waals surface area contributed by atoms with Crippen molar-refractivity contribution >= 4 is 33.8 Å². The molecule has 1 unspecified atom stereocenters. The van der Waals surface area contributed by atoms with Gasteiger partial charge in [0.05, 0.1) is 12.7 Å². The average molecular weight is 369 g/mol. The Morgan fingerprint density at radius 2 is 2.19 bits per heavy atom. The number of likely N-dealkylation sites (N-methyl/N-ethyl adjacent to an activating group) is 1. The van der Waals surface area contributed by atoms with Crippen molar-refractivity contribution in [1.82, 2.24) is 9.88 Å². The zero-order chi connectivity index (χ0) is 18.3. The number of H-pyrrole nitrogens is 1. The first kappa shape index (κ1) is 17.1. The van der Waals surface area contributed by atoms with Gasteiger partial charge >= 0.3 is 0 Å². The molecule has 2 heterocycles. The molecule has 0 aliphatic heterocycles. The van der Waals surface area contributed by atoms with Crippen LogP contribution in [0, 0.1) is 0 Å². The number of anilines is 1. The summed E-state index contributed by atoms with van der Waals surface area (Å²) >= 11 is 1.46. The Balaban J connectivity index is 1.63. The first-order valence-electron chi connectivity index (χ1n) is 8.78. The normalized spacial score (nSPS) is 16.7. The number of carbonyl (C=O) groups excluding carboxylic acids is 1. The number of aryl methyl sites for hydroxylation is 1. The highest BCUT2D eigenvalue weighted by Gasteiger charge is 2.24. The number of ether oxygens (including phenoxy) is 1. The van der Waals surface area contributed by atoms with Crippen LogP contribution in [0.25, 0.3) is 10.9 Å². The monoisotopic (exact) mass is 369 g/mol. The molecule has 1 atom stereocenters. The third-order valence-corrected chi connectivity index (χ3v) is 5.96. The number of nitrogens with one attached hydrogen (secondary N) is 2. The molecule has 2 N–H and O–H groups in total. The van der Waals surface area contributed by atoms with Crippen molar-refractivity contribution in [1.29, 1.82) is 0 Å². The Hall–Kier alpha value is -2.31. The highest BCUT2D eigenvalue weighted by Crippen LogP contribution is 2.32. The molecule has 2 aromatic heterocycles. The summed E-state index contributed by atoms with van der Waals surface area (Å²) in [5.41, 5.74) is 5.24. The maximum Gasteiger partial charge on any atom is 0.260 e. The van der Waals surface area contributed by atoms with E-state index in [1.54, 1.807) is 7.11 Å². The van der Waals surface area contributed by atoms with E-state index in [2.05, 4.69) is 41.4 Å². The number of hydrogen-bond donors (Lipinski definition) is 2. The number of amides is 1. The van der Waals surface area contributed by atoms with E-state index >= 15 is 0 Å². The third kappa shape index (κ3) is 2.99. The molecule has 6 heteroatoms. The molecule has 0 radical (unpaired) electrons. The zero-order valence-electron chi connectivity index (χ0n) is 15.3. The highest BCUT2D eigenvalue weighted by molar-refractivity contribution is 7.08. The van der Waals surface area contributed by atoms with Crippen LogP contribution in [0.2, 0.25) is 0 Å². The lowest BCUT2D eigenvalue weighted by Gasteiger charge is -2.28. The zero-order valence-corrected chi connectivity index (χ0v) is 16.1. The van der Waals surface area contributed by atoms with Crippen LogP contribution in [0.4, 0.5) is 5.69 Å². The number of aromatic amines is 1. The molecule has 0 saturated carbocycles. The van der Waals surface area contributed by atoms with Crippen molar-refractivity contribution in [3.63, 3.8) is 0 Å². The lowest BCUT2D eigenvalue weighted by molar-refractivity contribution is 0.102. The SMILES string of the molecule is COc1cscc1C(=O)Nc1ccc2[nH]c3c(c2c1)CC(N(C)C)CC3. The summed E-state index contributed by atoms with van der Waals surface area (Å²) in [6, 6.07) is 6.65. The number of methoxy groups -OCH3 is 1. The fourth-order valence-corrected chi connectivity index (χ4v) is 4.50. The predicted octanol–water partition coefficient (Wildman–Crippen LogP) is 3.91. The van der Waals surface area contributed by atoms with E-state index in [1.807, 2.05) is 16.8 Å². The van der Waals surface area contributed by atoms with Gasteiger partial charge in [-0.05, 0) is 57.1 Å². The van der Waals surface area contributed by atoms with E-state index in [9.17, 15) is 4.79 Å². The molecular formula is C20H23N3O2S. The van der Waals surface area contributed by atoms with E-state index in [0.717, 1.165) is 24.0 Å². The molecular weight excluding hydrogens is 346 g/mol. The summed E-state index contributed by atoms with van der Waals surface area (Å²) in [6.07, 6.45) is 3.28. The number of rotatable bonds is 4. The second-order valence-electron chi connectivity index (χ2n) is 7.01. The van der Waals surface area contributed by atoms with Gasteiger partial charge in [-0.1, -0.05) is 0 Å². The van der Waals surface area contributed by atoms with Crippen molar-refractivity contribution < 1.29 is 9.53 Å². The molecule has 5 nitrogen and oxygen atoms in total. The van der Waals surface area contributed by atoms with Gasteiger partial charge in [-0.3, -0.25) is 4.79 Å². The largest absolute Gasteiger partial charge is 0.495 e. The number of hydrogen-bond acceptors (Lipinski definition) is 4.